The molecule has 2 rings (SSSR count). The third-order valence-corrected chi connectivity index (χ3v) is 3.58. The van der Waals surface area contributed by atoms with Crippen molar-refractivity contribution in [2.45, 2.75) is 19.3 Å². The SMILES string of the molecule is CN=C(NCc1cccc(OC)c1)NCc1cccc(OCC(F)(F)F)c1.I. The van der Waals surface area contributed by atoms with Gasteiger partial charge in [0.2, 0.25) is 0 Å². The molecule has 28 heavy (non-hydrogen) atoms. The van der Waals surface area contributed by atoms with Crippen LogP contribution in [0.2, 0.25) is 0 Å². The molecule has 0 atom stereocenters. The molecule has 0 spiro atoms. The number of hydrogen-bond acceptors (Lipinski definition) is 3. The zero-order chi connectivity index (χ0) is 19.7. The second-order valence-corrected chi connectivity index (χ2v) is 5.68. The third kappa shape index (κ3) is 8.68. The summed E-state index contributed by atoms with van der Waals surface area (Å²) in [6, 6.07) is 14.1. The summed E-state index contributed by atoms with van der Waals surface area (Å²) in [5.41, 5.74) is 1.80. The van der Waals surface area contributed by atoms with Gasteiger partial charge >= 0.3 is 6.18 Å². The fourth-order valence-corrected chi connectivity index (χ4v) is 2.29. The minimum atomic E-state index is -4.36. The van der Waals surface area contributed by atoms with E-state index in [4.69, 9.17) is 9.47 Å². The zero-order valence-electron chi connectivity index (χ0n) is 15.5. The van der Waals surface area contributed by atoms with Crippen LogP contribution in [-0.4, -0.2) is 32.9 Å². The Morgan fingerprint density at radius 1 is 0.964 bits per heavy atom. The first-order valence-corrected chi connectivity index (χ1v) is 8.25. The van der Waals surface area contributed by atoms with Crippen molar-refractivity contribution in [1.82, 2.24) is 10.6 Å². The smallest absolute Gasteiger partial charge is 0.422 e. The molecule has 0 unspecified atom stereocenters. The Balaban J connectivity index is 0.00000392. The van der Waals surface area contributed by atoms with Crippen LogP contribution < -0.4 is 20.1 Å². The van der Waals surface area contributed by atoms with Crippen molar-refractivity contribution >= 4 is 29.9 Å². The maximum atomic E-state index is 12.2. The summed E-state index contributed by atoms with van der Waals surface area (Å²) < 4.78 is 46.7. The average Bonchev–Trinajstić information content (AvgIpc) is 2.66. The van der Waals surface area contributed by atoms with Gasteiger partial charge in [-0.25, -0.2) is 0 Å². The molecule has 0 saturated heterocycles. The molecule has 9 heteroatoms. The highest BCUT2D eigenvalue weighted by atomic mass is 127. The van der Waals surface area contributed by atoms with Gasteiger partial charge in [-0.2, -0.15) is 13.2 Å². The minimum absolute atomic E-state index is 0. The quantitative estimate of drug-likeness (QED) is 0.335. The molecule has 5 nitrogen and oxygen atoms in total. The van der Waals surface area contributed by atoms with E-state index >= 15 is 0 Å². The van der Waals surface area contributed by atoms with Gasteiger partial charge in [0, 0.05) is 20.1 Å². The Labute approximate surface area is 179 Å². The van der Waals surface area contributed by atoms with Crippen LogP contribution in [0.3, 0.4) is 0 Å². The molecule has 154 valence electrons. The van der Waals surface area contributed by atoms with Gasteiger partial charge < -0.3 is 20.1 Å². The Hall–Kier alpha value is -2.17. The lowest BCUT2D eigenvalue weighted by Gasteiger charge is -2.13. The van der Waals surface area contributed by atoms with E-state index in [0.717, 1.165) is 16.9 Å². The maximum absolute atomic E-state index is 12.2. The number of alkyl halides is 3. The van der Waals surface area contributed by atoms with Crippen molar-refractivity contribution in [3.63, 3.8) is 0 Å². The number of methoxy groups -OCH3 is 1. The number of ether oxygens (including phenoxy) is 2. The summed E-state index contributed by atoms with van der Waals surface area (Å²) >= 11 is 0. The Bertz CT molecular complexity index is 770. The zero-order valence-corrected chi connectivity index (χ0v) is 17.9. The monoisotopic (exact) mass is 509 g/mol. The molecule has 0 amide bonds. The van der Waals surface area contributed by atoms with Crippen molar-refractivity contribution in [3.8, 4) is 11.5 Å². The summed E-state index contributed by atoms with van der Waals surface area (Å²) in [6.07, 6.45) is -4.36. The topological polar surface area (TPSA) is 54.9 Å². The number of aliphatic imine (C=N–C) groups is 1. The highest BCUT2D eigenvalue weighted by Crippen LogP contribution is 2.19. The normalized spacial score (nSPS) is 11.4. The Morgan fingerprint density at radius 2 is 1.50 bits per heavy atom. The van der Waals surface area contributed by atoms with E-state index in [0.29, 0.717) is 19.0 Å². The van der Waals surface area contributed by atoms with Crippen LogP contribution in [0, 0.1) is 0 Å². The molecule has 0 aliphatic rings. The first-order valence-electron chi connectivity index (χ1n) is 8.25. The molecule has 0 aliphatic carbocycles. The van der Waals surface area contributed by atoms with Gasteiger partial charge in [-0.3, -0.25) is 4.99 Å². The van der Waals surface area contributed by atoms with E-state index in [1.165, 1.54) is 6.07 Å². The Morgan fingerprint density at radius 3 is 2.00 bits per heavy atom. The van der Waals surface area contributed by atoms with Gasteiger partial charge in [0.15, 0.2) is 12.6 Å². The summed E-state index contributed by atoms with van der Waals surface area (Å²) in [6.45, 7) is -0.375. The van der Waals surface area contributed by atoms with Gasteiger partial charge in [0.25, 0.3) is 0 Å². The summed E-state index contributed by atoms with van der Waals surface area (Å²) in [5.74, 6) is 1.51. The number of hydrogen-bond donors (Lipinski definition) is 2. The Kier molecular flexibility index (Phi) is 9.91. The largest absolute Gasteiger partial charge is 0.497 e. The molecule has 0 aliphatic heterocycles. The van der Waals surface area contributed by atoms with E-state index in [9.17, 15) is 13.2 Å². The van der Waals surface area contributed by atoms with E-state index < -0.39 is 12.8 Å². The van der Waals surface area contributed by atoms with Gasteiger partial charge in [-0.1, -0.05) is 24.3 Å². The number of halogens is 4. The molecule has 2 N–H and O–H groups in total. The molecular weight excluding hydrogens is 486 g/mol. The summed E-state index contributed by atoms with van der Waals surface area (Å²) in [4.78, 5) is 4.13. The highest BCUT2D eigenvalue weighted by molar-refractivity contribution is 14.0. The maximum Gasteiger partial charge on any atom is 0.422 e. The van der Waals surface area contributed by atoms with Gasteiger partial charge in [-0.15, -0.1) is 24.0 Å². The summed E-state index contributed by atoms with van der Waals surface area (Å²) in [5, 5.41) is 6.28. The molecule has 0 heterocycles. The lowest BCUT2D eigenvalue weighted by Crippen LogP contribution is -2.36. The first-order chi connectivity index (χ1) is 12.9. The van der Waals surface area contributed by atoms with Crippen molar-refractivity contribution in [2.75, 3.05) is 20.8 Å². The van der Waals surface area contributed by atoms with Crippen LogP contribution in [0.25, 0.3) is 0 Å². The molecule has 0 fully saturated rings. The molecule has 0 radical (unpaired) electrons. The highest BCUT2D eigenvalue weighted by Gasteiger charge is 2.28. The standard InChI is InChI=1S/C19H22F3N3O2.HI/c1-23-18(24-11-14-5-3-7-16(9-14)26-2)25-12-15-6-4-8-17(10-15)27-13-19(20,21)22;/h3-10H,11-13H2,1-2H3,(H2,23,24,25);1H. The molecule has 0 bridgehead atoms. The average molecular weight is 509 g/mol. The van der Waals surface area contributed by atoms with E-state index in [-0.39, 0.29) is 29.7 Å². The lowest BCUT2D eigenvalue weighted by molar-refractivity contribution is -0.153. The van der Waals surface area contributed by atoms with Crippen molar-refractivity contribution in [2.24, 2.45) is 4.99 Å². The van der Waals surface area contributed by atoms with Crippen molar-refractivity contribution in [3.05, 3.63) is 59.7 Å². The first kappa shape index (κ1) is 23.9. The second kappa shape index (κ2) is 11.6. The molecular formula is C19H23F3IN3O2. The van der Waals surface area contributed by atoms with E-state index in [1.807, 2.05) is 24.3 Å². The van der Waals surface area contributed by atoms with Crippen LogP contribution in [0.5, 0.6) is 11.5 Å². The predicted molar refractivity (Wildman–Crippen MR) is 113 cm³/mol. The van der Waals surface area contributed by atoms with Crippen molar-refractivity contribution < 1.29 is 22.6 Å². The number of nitrogens with one attached hydrogen (secondary N) is 2. The number of nitrogens with zero attached hydrogens (tertiary/aromatic N) is 1. The predicted octanol–water partition coefficient (Wildman–Crippen LogP) is 4.12. The van der Waals surface area contributed by atoms with Crippen LogP contribution >= 0.6 is 24.0 Å². The number of benzene rings is 2. The van der Waals surface area contributed by atoms with Gasteiger partial charge in [0.1, 0.15) is 11.5 Å². The van der Waals surface area contributed by atoms with Crippen LogP contribution in [-0.2, 0) is 13.1 Å². The van der Waals surface area contributed by atoms with Crippen LogP contribution in [0.1, 0.15) is 11.1 Å². The number of guanidine groups is 1. The van der Waals surface area contributed by atoms with Crippen LogP contribution in [0.15, 0.2) is 53.5 Å². The molecule has 0 saturated carbocycles. The third-order valence-electron chi connectivity index (χ3n) is 3.58. The van der Waals surface area contributed by atoms with Crippen LogP contribution in [0.4, 0.5) is 13.2 Å². The molecule has 2 aromatic rings. The minimum Gasteiger partial charge on any atom is -0.497 e. The fraction of sp³-hybridized carbons (Fsp3) is 0.316. The lowest BCUT2D eigenvalue weighted by atomic mass is 10.2. The fourth-order valence-electron chi connectivity index (χ4n) is 2.29. The van der Waals surface area contributed by atoms with Crippen molar-refractivity contribution in [1.29, 1.82) is 0 Å². The van der Waals surface area contributed by atoms with E-state index in [2.05, 4.69) is 15.6 Å². The number of rotatable bonds is 7. The van der Waals surface area contributed by atoms with Gasteiger partial charge in [0.05, 0.1) is 7.11 Å². The second-order valence-electron chi connectivity index (χ2n) is 5.68. The van der Waals surface area contributed by atoms with E-state index in [1.54, 1.807) is 32.4 Å². The summed E-state index contributed by atoms with van der Waals surface area (Å²) in [7, 11) is 3.25. The van der Waals surface area contributed by atoms with Gasteiger partial charge in [-0.05, 0) is 35.4 Å². The molecule has 2 aromatic carbocycles. The molecule has 0 aromatic heterocycles.